The van der Waals surface area contributed by atoms with Gasteiger partial charge in [0.05, 0.1) is 11.1 Å². The van der Waals surface area contributed by atoms with Gasteiger partial charge in [-0.25, -0.2) is 4.79 Å². The number of hydrogen-bond donors (Lipinski definition) is 1. The van der Waals surface area contributed by atoms with Crippen molar-refractivity contribution in [3.05, 3.63) is 29.3 Å². The van der Waals surface area contributed by atoms with Crippen molar-refractivity contribution in [1.29, 1.82) is 0 Å². The van der Waals surface area contributed by atoms with Crippen LogP contribution in [0.3, 0.4) is 0 Å². The lowest BCUT2D eigenvalue weighted by Crippen LogP contribution is -2.13. The molecule has 1 atom stereocenters. The maximum atomic E-state index is 12.7. The highest BCUT2D eigenvalue weighted by Crippen LogP contribution is 2.36. The zero-order chi connectivity index (χ0) is 13.9. The van der Waals surface area contributed by atoms with E-state index in [9.17, 15) is 18.0 Å². The summed E-state index contributed by atoms with van der Waals surface area (Å²) in [5.41, 5.74) is -1.81. The number of benzene rings is 1. The van der Waals surface area contributed by atoms with Crippen molar-refractivity contribution in [3.63, 3.8) is 0 Å². The first-order chi connectivity index (χ1) is 8.25. The Balaban J connectivity index is 3.18. The van der Waals surface area contributed by atoms with Crippen molar-refractivity contribution in [2.24, 2.45) is 0 Å². The second kappa shape index (κ2) is 5.65. The fraction of sp³-hybridized carbons (Fsp3) is 0.417. The van der Waals surface area contributed by atoms with Crippen molar-refractivity contribution in [3.8, 4) is 0 Å². The number of thioether (sulfide) groups is 1. The van der Waals surface area contributed by atoms with Crippen LogP contribution in [0.1, 0.15) is 36.2 Å². The summed E-state index contributed by atoms with van der Waals surface area (Å²) in [6.45, 7) is 3.84. The van der Waals surface area contributed by atoms with Crippen LogP contribution in [0, 0.1) is 0 Å². The molecule has 1 aromatic rings. The van der Waals surface area contributed by atoms with Crippen LogP contribution in [0.25, 0.3) is 0 Å². The molecule has 1 unspecified atom stereocenters. The zero-order valence-corrected chi connectivity index (χ0v) is 10.7. The van der Waals surface area contributed by atoms with Crippen LogP contribution >= 0.6 is 11.8 Å². The third-order valence-electron chi connectivity index (χ3n) is 2.44. The van der Waals surface area contributed by atoms with Gasteiger partial charge in [0.1, 0.15) is 0 Å². The lowest BCUT2D eigenvalue weighted by molar-refractivity contribution is -0.138. The molecule has 1 N–H and O–H groups in total. The van der Waals surface area contributed by atoms with Crippen molar-refractivity contribution in [1.82, 2.24) is 0 Å². The molecular formula is C12H13F3O2S. The van der Waals surface area contributed by atoms with E-state index < -0.39 is 23.3 Å². The summed E-state index contributed by atoms with van der Waals surface area (Å²) >= 11 is 1.30. The van der Waals surface area contributed by atoms with Gasteiger partial charge in [0.15, 0.2) is 0 Å². The van der Waals surface area contributed by atoms with Crippen LogP contribution in [0.5, 0.6) is 0 Å². The molecule has 0 aliphatic rings. The SMILES string of the molecule is CCC(C)Sc1ccc(C(=O)O)c(C(F)(F)F)c1. The Hall–Kier alpha value is -1.17. The number of alkyl halides is 3. The Morgan fingerprint density at radius 3 is 2.50 bits per heavy atom. The molecule has 2 nitrogen and oxygen atoms in total. The molecule has 0 bridgehead atoms. The first kappa shape index (κ1) is 14.9. The van der Waals surface area contributed by atoms with Crippen LogP contribution in [0.2, 0.25) is 0 Å². The highest BCUT2D eigenvalue weighted by atomic mass is 32.2. The van der Waals surface area contributed by atoms with E-state index in [2.05, 4.69) is 0 Å². The van der Waals surface area contributed by atoms with E-state index in [1.165, 1.54) is 17.8 Å². The minimum absolute atomic E-state index is 0.182. The summed E-state index contributed by atoms with van der Waals surface area (Å²) in [5, 5.41) is 8.92. The molecule has 100 valence electrons. The van der Waals surface area contributed by atoms with Gasteiger partial charge in [-0.1, -0.05) is 13.8 Å². The summed E-state index contributed by atoms with van der Waals surface area (Å²) < 4.78 is 38.2. The Morgan fingerprint density at radius 2 is 2.06 bits per heavy atom. The van der Waals surface area contributed by atoms with E-state index in [-0.39, 0.29) is 5.25 Å². The Morgan fingerprint density at radius 1 is 1.44 bits per heavy atom. The lowest BCUT2D eigenvalue weighted by atomic mass is 10.1. The molecule has 0 heterocycles. The standard InChI is InChI=1S/C12H13F3O2S/c1-3-7(2)18-8-4-5-9(11(16)17)10(6-8)12(13,14)15/h4-7H,3H2,1-2H3,(H,16,17). The quantitative estimate of drug-likeness (QED) is 0.835. The number of carbonyl (C=O) groups is 1. The minimum Gasteiger partial charge on any atom is -0.478 e. The van der Waals surface area contributed by atoms with Gasteiger partial charge < -0.3 is 5.11 Å². The van der Waals surface area contributed by atoms with Gasteiger partial charge in [-0.05, 0) is 24.6 Å². The van der Waals surface area contributed by atoms with Crippen LogP contribution in [0.15, 0.2) is 23.1 Å². The van der Waals surface area contributed by atoms with Crippen LogP contribution in [0.4, 0.5) is 13.2 Å². The number of carboxylic acids is 1. The lowest BCUT2D eigenvalue weighted by Gasteiger charge is -2.13. The van der Waals surface area contributed by atoms with E-state index in [1.807, 2.05) is 13.8 Å². The molecule has 1 aromatic carbocycles. The van der Waals surface area contributed by atoms with Gasteiger partial charge >= 0.3 is 12.1 Å². The number of hydrogen-bond acceptors (Lipinski definition) is 2. The molecule has 18 heavy (non-hydrogen) atoms. The minimum atomic E-state index is -4.65. The molecule has 0 radical (unpaired) electrons. The molecule has 0 aliphatic carbocycles. The molecule has 0 spiro atoms. The number of aromatic carboxylic acids is 1. The molecule has 0 fully saturated rings. The number of halogens is 3. The summed E-state index contributed by atoms with van der Waals surface area (Å²) in [4.78, 5) is 11.2. The highest BCUT2D eigenvalue weighted by Gasteiger charge is 2.35. The first-order valence-corrected chi connectivity index (χ1v) is 6.24. The monoisotopic (exact) mass is 278 g/mol. The predicted octanol–water partition coefficient (Wildman–Crippen LogP) is 4.29. The van der Waals surface area contributed by atoms with E-state index in [1.54, 1.807) is 0 Å². The summed E-state index contributed by atoms with van der Waals surface area (Å²) in [5.74, 6) is -1.57. The molecule has 0 aliphatic heterocycles. The van der Waals surface area contributed by atoms with Crippen molar-refractivity contribution in [2.75, 3.05) is 0 Å². The summed E-state index contributed by atoms with van der Waals surface area (Å²) in [7, 11) is 0. The molecule has 1 rings (SSSR count). The van der Waals surface area contributed by atoms with Gasteiger partial charge in [-0.3, -0.25) is 0 Å². The Labute approximate surface area is 107 Å². The topological polar surface area (TPSA) is 37.3 Å². The first-order valence-electron chi connectivity index (χ1n) is 5.37. The molecule has 0 saturated heterocycles. The molecule has 0 aromatic heterocycles. The normalized spacial score (nSPS) is 13.4. The zero-order valence-electron chi connectivity index (χ0n) is 9.91. The fourth-order valence-electron chi connectivity index (χ4n) is 1.33. The third-order valence-corrected chi connectivity index (χ3v) is 3.70. The summed E-state index contributed by atoms with van der Waals surface area (Å²) in [6.07, 6.45) is -3.83. The van der Waals surface area contributed by atoms with Crippen molar-refractivity contribution >= 4 is 17.7 Å². The molecule has 0 saturated carbocycles. The highest BCUT2D eigenvalue weighted by molar-refractivity contribution is 7.99. The maximum Gasteiger partial charge on any atom is 0.417 e. The fourth-order valence-corrected chi connectivity index (χ4v) is 2.30. The molecule has 0 amide bonds. The summed E-state index contributed by atoms with van der Waals surface area (Å²) in [6, 6.07) is 3.33. The van der Waals surface area contributed by atoms with Crippen LogP contribution in [-0.4, -0.2) is 16.3 Å². The van der Waals surface area contributed by atoms with Crippen LogP contribution < -0.4 is 0 Å². The van der Waals surface area contributed by atoms with Gasteiger partial charge in [-0.15, -0.1) is 11.8 Å². The second-order valence-corrected chi connectivity index (χ2v) is 5.36. The third kappa shape index (κ3) is 3.66. The average molecular weight is 278 g/mol. The molecular weight excluding hydrogens is 265 g/mol. The van der Waals surface area contributed by atoms with Gasteiger partial charge in [-0.2, -0.15) is 13.2 Å². The van der Waals surface area contributed by atoms with Gasteiger partial charge in [0.25, 0.3) is 0 Å². The maximum absolute atomic E-state index is 12.7. The van der Waals surface area contributed by atoms with Crippen molar-refractivity contribution in [2.45, 2.75) is 36.6 Å². The largest absolute Gasteiger partial charge is 0.478 e. The number of carboxylic acid groups (broad SMARTS) is 1. The van der Waals surface area contributed by atoms with E-state index in [0.29, 0.717) is 4.90 Å². The van der Waals surface area contributed by atoms with E-state index >= 15 is 0 Å². The van der Waals surface area contributed by atoms with Gasteiger partial charge in [0, 0.05) is 10.1 Å². The Kier molecular flexibility index (Phi) is 4.67. The predicted molar refractivity (Wildman–Crippen MR) is 64.0 cm³/mol. The number of rotatable bonds is 4. The average Bonchev–Trinajstić information content (AvgIpc) is 2.27. The Bertz CT molecular complexity index is 443. The van der Waals surface area contributed by atoms with E-state index in [0.717, 1.165) is 18.6 Å². The second-order valence-electron chi connectivity index (χ2n) is 3.85. The molecule has 6 heteroatoms. The van der Waals surface area contributed by atoms with Gasteiger partial charge in [0.2, 0.25) is 0 Å². The van der Waals surface area contributed by atoms with Crippen molar-refractivity contribution < 1.29 is 23.1 Å². The smallest absolute Gasteiger partial charge is 0.417 e. The van der Waals surface area contributed by atoms with E-state index in [4.69, 9.17) is 5.11 Å². The van der Waals surface area contributed by atoms with Crippen LogP contribution in [-0.2, 0) is 6.18 Å².